The minimum atomic E-state index is -4.79. The van der Waals surface area contributed by atoms with Crippen LogP contribution in [0.3, 0.4) is 0 Å². The predicted molar refractivity (Wildman–Crippen MR) is 93.7 cm³/mol. The Balaban J connectivity index is 1.98. The molecule has 7 nitrogen and oxygen atoms in total. The van der Waals surface area contributed by atoms with Crippen molar-refractivity contribution in [3.63, 3.8) is 0 Å². The Morgan fingerprint density at radius 2 is 1.70 bits per heavy atom. The minimum absolute atomic E-state index is 0.130. The molecule has 0 atom stereocenters. The van der Waals surface area contributed by atoms with Crippen molar-refractivity contribution in [2.45, 2.75) is 11.9 Å². The number of nitrogens with zero attached hydrogens (tertiary/aromatic N) is 1. The minimum Gasteiger partial charge on any atom is -0.383 e. The first-order valence-electron chi connectivity index (χ1n) is 7.69. The summed E-state index contributed by atoms with van der Waals surface area (Å²) in [5.74, 6) is -0.251. The number of halogens is 3. The van der Waals surface area contributed by atoms with Crippen LogP contribution in [0.1, 0.15) is 11.1 Å². The van der Waals surface area contributed by atoms with Crippen LogP contribution in [-0.4, -0.2) is 26.4 Å². The molecule has 0 aromatic heterocycles. The Morgan fingerprint density at radius 3 is 2.30 bits per heavy atom. The maximum absolute atomic E-state index is 13.1. The van der Waals surface area contributed by atoms with Gasteiger partial charge in [-0.25, -0.2) is 13.1 Å². The van der Waals surface area contributed by atoms with Crippen LogP contribution in [0.2, 0.25) is 0 Å². The summed E-state index contributed by atoms with van der Waals surface area (Å²) in [6.45, 7) is -0.279. The van der Waals surface area contributed by atoms with Gasteiger partial charge in [0, 0.05) is 30.9 Å². The topological polar surface area (TPSA) is 101 Å². The van der Waals surface area contributed by atoms with E-state index in [1.807, 2.05) is 0 Å². The number of anilines is 1. The molecule has 27 heavy (non-hydrogen) atoms. The zero-order chi connectivity index (χ0) is 20.1. The van der Waals surface area contributed by atoms with E-state index in [2.05, 4.69) is 10.0 Å². The van der Waals surface area contributed by atoms with Gasteiger partial charge >= 0.3 is 6.18 Å². The monoisotopic (exact) mass is 403 g/mol. The number of hydrogen-bond donors (Lipinski definition) is 2. The lowest BCUT2D eigenvalue weighted by Gasteiger charge is -2.14. The predicted octanol–water partition coefficient (Wildman–Crippen LogP) is 3.15. The number of rotatable bonds is 8. The van der Waals surface area contributed by atoms with Gasteiger partial charge in [-0.3, -0.25) is 10.1 Å². The number of sulfonamides is 1. The SMILES string of the molecule is O=[N+]([O-])c1ccc(NCCNS(=O)(=O)Cc2ccccc2)c(C(F)(F)F)c1. The Kier molecular flexibility index (Phi) is 6.39. The molecule has 0 fully saturated rings. The van der Waals surface area contributed by atoms with Crippen molar-refractivity contribution in [2.75, 3.05) is 18.4 Å². The van der Waals surface area contributed by atoms with Crippen molar-refractivity contribution in [1.82, 2.24) is 4.72 Å². The number of non-ortho nitro benzene ring substituents is 1. The van der Waals surface area contributed by atoms with Crippen LogP contribution in [0.5, 0.6) is 0 Å². The number of benzene rings is 2. The van der Waals surface area contributed by atoms with Crippen LogP contribution < -0.4 is 10.0 Å². The van der Waals surface area contributed by atoms with E-state index < -0.39 is 32.4 Å². The van der Waals surface area contributed by atoms with E-state index in [0.29, 0.717) is 11.6 Å². The van der Waals surface area contributed by atoms with Gasteiger partial charge in [0.05, 0.1) is 16.2 Å². The zero-order valence-electron chi connectivity index (χ0n) is 13.9. The highest BCUT2D eigenvalue weighted by molar-refractivity contribution is 7.88. The van der Waals surface area contributed by atoms with E-state index in [9.17, 15) is 31.7 Å². The summed E-state index contributed by atoms with van der Waals surface area (Å²) >= 11 is 0. The maximum atomic E-state index is 13.1. The molecule has 0 saturated carbocycles. The van der Waals surface area contributed by atoms with E-state index >= 15 is 0 Å². The lowest BCUT2D eigenvalue weighted by molar-refractivity contribution is -0.385. The van der Waals surface area contributed by atoms with Crippen LogP contribution in [0.15, 0.2) is 48.5 Å². The normalized spacial score (nSPS) is 12.0. The third-order valence-corrected chi connectivity index (χ3v) is 4.84. The number of hydrogen-bond acceptors (Lipinski definition) is 5. The highest BCUT2D eigenvalue weighted by Crippen LogP contribution is 2.36. The molecular formula is C16H16F3N3O4S. The molecule has 0 aliphatic carbocycles. The summed E-state index contributed by atoms with van der Waals surface area (Å²) < 4.78 is 65.4. The average Bonchev–Trinajstić information content (AvgIpc) is 2.58. The van der Waals surface area contributed by atoms with Gasteiger partial charge in [0.15, 0.2) is 0 Å². The second-order valence-electron chi connectivity index (χ2n) is 5.55. The van der Waals surface area contributed by atoms with E-state index in [1.54, 1.807) is 30.3 Å². The van der Waals surface area contributed by atoms with Gasteiger partial charge in [-0.1, -0.05) is 30.3 Å². The number of nitro groups is 1. The van der Waals surface area contributed by atoms with Crippen LogP contribution in [0.4, 0.5) is 24.5 Å². The third kappa shape index (κ3) is 6.22. The summed E-state index contributed by atoms with van der Waals surface area (Å²) in [5, 5.41) is 13.1. The molecule has 146 valence electrons. The molecule has 0 radical (unpaired) electrons. The second-order valence-corrected chi connectivity index (χ2v) is 7.36. The average molecular weight is 403 g/mol. The summed E-state index contributed by atoms with van der Waals surface area (Å²) in [4.78, 5) is 9.73. The number of nitro benzene ring substituents is 1. The quantitative estimate of drug-likeness (QED) is 0.401. The Labute approximate surface area is 153 Å². The lowest BCUT2D eigenvalue weighted by Crippen LogP contribution is -2.30. The molecule has 2 aromatic carbocycles. The van der Waals surface area contributed by atoms with Crippen molar-refractivity contribution in [2.24, 2.45) is 0 Å². The van der Waals surface area contributed by atoms with Crippen LogP contribution >= 0.6 is 0 Å². The molecule has 0 bridgehead atoms. The largest absolute Gasteiger partial charge is 0.418 e. The molecule has 0 aliphatic rings. The number of nitrogens with one attached hydrogen (secondary N) is 2. The summed E-state index contributed by atoms with van der Waals surface area (Å²) in [5.41, 5.74) is -1.66. The van der Waals surface area contributed by atoms with Crippen molar-refractivity contribution < 1.29 is 26.5 Å². The first-order valence-corrected chi connectivity index (χ1v) is 9.34. The molecule has 2 rings (SSSR count). The first-order chi connectivity index (χ1) is 12.6. The second kappa shape index (κ2) is 8.35. The smallest absolute Gasteiger partial charge is 0.383 e. The van der Waals surface area contributed by atoms with E-state index in [0.717, 1.165) is 12.1 Å². The standard InChI is InChI=1S/C16H16F3N3O4S/c17-16(18,19)14-10-13(22(23)24)6-7-15(14)20-8-9-21-27(25,26)11-12-4-2-1-3-5-12/h1-7,10,20-21H,8-9,11H2. The van der Waals surface area contributed by atoms with Crippen LogP contribution in [-0.2, 0) is 22.0 Å². The summed E-state index contributed by atoms with van der Waals surface area (Å²) in [7, 11) is -3.65. The molecule has 0 saturated heterocycles. The van der Waals surface area contributed by atoms with E-state index in [1.165, 1.54) is 0 Å². The van der Waals surface area contributed by atoms with E-state index in [4.69, 9.17) is 0 Å². The fourth-order valence-electron chi connectivity index (χ4n) is 2.28. The van der Waals surface area contributed by atoms with Crippen molar-refractivity contribution in [3.8, 4) is 0 Å². The van der Waals surface area contributed by atoms with Gasteiger partial charge in [0.2, 0.25) is 10.0 Å². The van der Waals surface area contributed by atoms with Crippen LogP contribution in [0.25, 0.3) is 0 Å². The molecule has 11 heteroatoms. The van der Waals surface area contributed by atoms with Crippen molar-refractivity contribution in [3.05, 3.63) is 69.8 Å². The lowest BCUT2D eigenvalue weighted by atomic mass is 10.1. The zero-order valence-corrected chi connectivity index (χ0v) is 14.7. The van der Waals surface area contributed by atoms with E-state index in [-0.39, 0.29) is 24.5 Å². The molecular weight excluding hydrogens is 387 g/mol. The van der Waals surface area contributed by atoms with Gasteiger partial charge in [-0.2, -0.15) is 13.2 Å². The molecule has 2 N–H and O–H groups in total. The first kappa shape index (κ1) is 20.6. The van der Waals surface area contributed by atoms with Gasteiger partial charge in [-0.05, 0) is 11.6 Å². The Morgan fingerprint density at radius 1 is 1.04 bits per heavy atom. The van der Waals surface area contributed by atoms with Gasteiger partial charge in [-0.15, -0.1) is 0 Å². The van der Waals surface area contributed by atoms with Crippen LogP contribution in [0, 0.1) is 10.1 Å². The molecule has 0 unspecified atom stereocenters. The molecule has 0 heterocycles. The molecule has 0 spiro atoms. The fraction of sp³-hybridized carbons (Fsp3) is 0.250. The Hall–Kier alpha value is -2.66. The summed E-state index contributed by atoms with van der Waals surface area (Å²) in [6, 6.07) is 10.7. The Bertz CT molecular complexity index is 903. The number of alkyl halides is 3. The molecule has 0 amide bonds. The fourth-order valence-corrected chi connectivity index (χ4v) is 3.43. The third-order valence-electron chi connectivity index (χ3n) is 3.48. The summed E-state index contributed by atoms with van der Waals surface area (Å²) in [6.07, 6.45) is -4.79. The van der Waals surface area contributed by atoms with Crippen molar-refractivity contribution in [1.29, 1.82) is 0 Å². The maximum Gasteiger partial charge on any atom is 0.418 e. The highest BCUT2D eigenvalue weighted by Gasteiger charge is 2.35. The van der Waals surface area contributed by atoms with Gasteiger partial charge < -0.3 is 5.32 Å². The highest BCUT2D eigenvalue weighted by atomic mass is 32.2. The van der Waals surface area contributed by atoms with Crippen molar-refractivity contribution >= 4 is 21.4 Å². The van der Waals surface area contributed by atoms with Gasteiger partial charge in [0.25, 0.3) is 5.69 Å². The molecule has 0 aliphatic heterocycles. The van der Waals surface area contributed by atoms with Gasteiger partial charge in [0.1, 0.15) is 0 Å². The molecule has 2 aromatic rings.